The summed E-state index contributed by atoms with van der Waals surface area (Å²) in [6, 6.07) is 10.6. The van der Waals surface area contributed by atoms with Gasteiger partial charge in [-0.3, -0.25) is 28.8 Å². The molecular formula is C49H77BN10O9. The summed E-state index contributed by atoms with van der Waals surface area (Å²) < 4.78 is 12.6. The summed E-state index contributed by atoms with van der Waals surface area (Å²) in [7, 11) is -0.908. The molecule has 19 nitrogen and oxygen atoms in total. The second kappa shape index (κ2) is 25.2. The van der Waals surface area contributed by atoms with E-state index in [1.54, 1.807) is 12.1 Å². The minimum atomic E-state index is -1.71. The lowest BCUT2D eigenvalue weighted by atomic mass is 9.43. The topological polar surface area (TPSA) is 317 Å². The lowest BCUT2D eigenvalue weighted by molar-refractivity contribution is -0.199. The smallest absolute Gasteiger partial charge is 0.403 e. The van der Waals surface area contributed by atoms with Gasteiger partial charge in [0.2, 0.25) is 23.6 Å². The summed E-state index contributed by atoms with van der Waals surface area (Å²) >= 11 is 0. The van der Waals surface area contributed by atoms with Crippen molar-refractivity contribution in [3.63, 3.8) is 0 Å². The second-order valence-corrected chi connectivity index (χ2v) is 19.7. The summed E-state index contributed by atoms with van der Waals surface area (Å²) in [5.41, 5.74) is 27.2. The molecule has 2 aromatic carbocycles. The molecule has 3 aliphatic carbocycles. The van der Waals surface area contributed by atoms with Crippen LogP contribution in [0, 0.1) is 17.3 Å². The van der Waals surface area contributed by atoms with Crippen LogP contribution in [0.4, 0.5) is 0 Å². The zero-order valence-corrected chi connectivity index (χ0v) is 41.0. The van der Waals surface area contributed by atoms with Crippen molar-refractivity contribution >= 4 is 42.6 Å². The number of hydrogen-bond donors (Lipinski definition) is 11. The zero-order valence-electron chi connectivity index (χ0n) is 41.0. The van der Waals surface area contributed by atoms with Gasteiger partial charge in [-0.05, 0) is 137 Å². The Labute approximate surface area is 407 Å². The van der Waals surface area contributed by atoms with Crippen LogP contribution in [0.15, 0.2) is 48.5 Å². The highest BCUT2D eigenvalue weighted by Gasteiger charge is 2.68. The van der Waals surface area contributed by atoms with Crippen molar-refractivity contribution < 1.29 is 43.2 Å². The Hall–Kier alpha value is -4.96. The van der Waals surface area contributed by atoms with Gasteiger partial charge in [-0.25, -0.2) is 0 Å². The number of carbonyl (C=O) groups is 6. The van der Waals surface area contributed by atoms with Crippen LogP contribution >= 0.6 is 0 Å². The van der Waals surface area contributed by atoms with E-state index in [1.165, 1.54) is 12.5 Å². The third-order valence-corrected chi connectivity index (χ3v) is 14.3. The summed E-state index contributed by atoms with van der Waals surface area (Å²) in [5.74, 6) is -3.43. The average molecular weight is 961 g/mol. The molecule has 4 fully saturated rings. The highest BCUT2D eigenvalue weighted by Crippen LogP contribution is 2.65. The van der Waals surface area contributed by atoms with Crippen molar-refractivity contribution in [2.45, 2.75) is 160 Å². The van der Waals surface area contributed by atoms with Crippen LogP contribution in [-0.4, -0.2) is 115 Å². The van der Waals surface area contributed by atoms with Gasteiger partial charge in [0.25, 0.3) is 11.8 Å². The number of nitrogens with one attached hydrogen (secondary N) is 6. The molecule has 1 aliphatic heterocycles. The number of carbonyl (C=O) groups excluding carboxylic acids is 6. The van der Waals surface area contributed by atoms with Gasteiger partial charge < -0.3 is 69.3 Å². The second-order valence-electron chi connectivity index (χ2n) is 19.7. The summed E-state index contributed by atoms with van der Waals surface area (Å²) in [6.07, 6.45) is 4.02. The third-order valence-electron chi connectivity index (χ3n) is 14.3. The first-order valence-corrected chi connectivity index (χ1v) is 24.7. The molecule has 0 aromatic heterocycles. The Bertz CT molecular complexity index is 2060. The number of nitrogens with two attached hydrogens (primary N) is 4. The molecule has 3 saturated carbocycles. The van der Waals surface area contributed by atoms with Crippen molar-refractivity contribution in [1.29, 1.82) is 0 Å². The monoisotopic (exact) mass is 961 g/mol. The molecule has 15 N–H and O–H groups in total. The summed E-state index contributed by atoms with van der Waals surface area (Å²) in [4.78, 5) is 80.2. The van der Waals surface area contributed by atoms with Gasteiger partial charge in [-0.2, -0.15) is 0 Å². The van der Waals surface area contributed by atoms with Gasteiger partial charge in [0.05, 0.1) is 17.8 Å². The van der Waals surface area contributed by atoms with Crippen LogP contribution in [0.25, 0.3) is 11.1 Å². The van der Waals surface area contributed by atoms with Gasteiger partial charge in [0.15, 0.2) is 6.17 Å². The lowest BCUT2D eigenvalue weighted by Gasteiger charge is -2.64. The minimum absolute atomic E-state index is 0.0215. The number of aliphatic hydroxyl groups excluding tert-OH is 1. The lowest BCUT2D eigenvalue weighted by Crippen LogP contribution is -2.65. The highest BCUT2D eigenvalue weighted by atomic mass is 16.7. The zero-order chi connectivity index (χ0) is 50.5. The molecule has 20 heteroatoms. The van der Waals surface area contributed by atoms with E-state index >= 15 is 0 Å². The molecule has 6 rings (SSSR count). The third kappa shape index (κ3) is 14.3. The van der Waals surface area contributed by atoms with Crippen molar-refractivity contribution in [2.75, 3.05) is 19.6 Å². The summed E-state index contributed by atoms with van der Waals surface area (Å²) in [6.45, 7) is 10.6. The Morgan fingerprint density at radius 1 is 0.754 bits per heavy atom. The van der Waals surface area contributed by atoms with Gasteiger partial charge in [0, 0.05) is 18.5 Å². The fourth-order valence-electron chi connectivity index (χ4n) is 9.85. The SMILES string of the molecule is CCCCc1ccc(-c2ccc(C(=O)NCCC(=O)N[C@@H](CCCCN)C(=O)N[C@H](C(=O)N[C@@H](N)C(=O)N[C@@H](CCCCN)C(=O)N[C@@H](N)B3OC4C[C@@H]5C[C@@H](C5(C)C)[C@]4(C)O3)C(C)O)cc2)cc1. The number of aliphatic hydroxyl groups is 1. The van der Waals surface area contributed by atoms with Crippen molar-refractivity contribution in [3.8, 4) is 11.1 Å². The number of unbranched alkanes of at least 4 members (excludes halogenated alkanes) is 3. The number of benzene rings is 2. The van der Waals surface area contributed by atoms with Gasteiger partial charge in [-0.15, -0.1) is 0 Å². The Morgan fingerprint density at radius 3 is 1.93 bits per heavy atom. The number of rotatable bonds is 27. The predicted octanol–water partition coefficient (Wildman–Crippen LogP) is 0.979. The standard InChI is InChI=1S/C49H77BN10O9/c1-6-7-12-30-15-17-31(18-16-30)32-19-21-33(22-20-32)42(63)55-26-23-39(62)56-35(13-8-10-24-51)43(64)58-40(29(2)61)45(66)59-41(53)46(67)57-36(14-9-11-25-52)44(65)60-47(54)50-68-38-28-34-27-37(48(34,3)4)49(38,5)69-50/h15-22,29,34-38,40-41,47,61H,6-14,23-28,51-54H2,1-5H3,(H,55,63)(H,56,62)(H,57,67)(H,58,64)(H,59,66)(H,60,65)/t29?,34-,35-,36-,37-,38?,40-,41+,47+,49-/m0/s1. The maximum absolute atomic E-state index is 13.6. The molecule has 2 unspecified atom stereocenters. The van der Waals surface area contributed by atoms with Crippen LogP contribution in [0.3, 0.4) is 0 Å². The molecule has 0 radical (unpaired) electrons. The highest BCUT2D eigenvalue weighted by molar-refractivity contribution is 6.47. The molecule has 1 saturated heterocycles. The number of amides is 6. The van der Waals surface area contributed by atoms with Gasteiger partial charge >= 0.3 is 7.12 Å². The maximum Gasteiger partial charge on any atom is 0.497 e. The first-order valence-electron chi connectivity index (χ1n) is 24.7. The maximum atomic E-state index is 13.6. The van der Waals surface area contributed by atoms with E-state index in [4.69, 9.17) is 32.2 Å². The number of hydrogen-bond acceptors (Lipinski definition) is 13. The quantitative estimate of drug-likeness (QED) is 0.0339. The fraction of sp³-hybridized carbons (Fsp3) is 0.633. The van der Waals surface area contributed by atoms with Crippen molar-refractivity contribution in [1.82, 2.24) is 31.9 Å². The Balaban J connectivity index is 1.11. The van der Waals surface area contributed by atoms with E-state index in [1.807, 2.05) is 19.1 Å². The first kappa shape index (κ1) is 55.0. The molecule has 4 aliphatic rings. The van der Waals surface area contributed by atoms with E-state index < -0.39 is 78.7 Å². The molecule has 2 bridgehead atoms. The molecule has 10 atom stereocenters. The van der Waals surface area contributed by atoms with Crippen LogP contribution < -0.4 is 54.8 Å². The van der Waals surface area contributed by atoms with Crippen LogP contribution in [0.1, 0.15) is 121 Å². The minimum Gasteiger partial charge on any atom is -0.403 e. The molecular weight excluding hydrogens is 883 g/mol. The molecule has 69 heavy (non-hydrogen) atoms. The normalized spacial score (nSPS) is 22.6. The van der Waals surface area contributed by atoms with Gasteiger partial charge in [-0.1, -0.05) is 63.6 Å². The average Bonchev–Trinajstić information content (AvgIpc) is 3.69. The molecule has 1 heterocycles. The first-order chi connectivity index (χ1) is 32.8. The fourth-order valence-corrected chi connectivity index (χ4v) is 9.85. The molecule has 6 amide bonds. The van der Waals surface area contributed by atoms with Crippen molar-refractivity contribution in [2.24, 2.45) is 40.2 Å². The van der Waals surface area contributed by atoms with Crippen LogP contribution in [0.5, 0.6) is 0 Å². The predicted molar refractivity (Wildman–Crippen MR) is 263 cm³/mol. The van der Waals surface area contributed by atoms with Crippen molar-refractivity contribution in [3.05, 3.63) is 59.7 Å². The molecule has 380 valence electrons. The summed E-state index contributed by atoms with van der Waals surface area (Å²) in [5, 5.41) is 26.1. The van der Waals surface area contributed by atoms with E-state index in [0.29, 0.717) is 50.3 Å². The molecule has 0 spiro atoms. The Kier molecular flexibility index (Phi) is 20.1. The van der Waals surface area contributed by atoms with E-state index in [0.717, 1.165) is 43.2 Å². The molecule has 2 aromatic rings. The van der Waals surface area contributed by atoms with Crippen LogP contribution in [0.2, 0.25) is 0 Å². The van der Waals surface area contributed by atoms with Crippen LogP contribution in [-0.2, 0) is 39.7 Å². The Morgan fingerprint density at radius 2 is 1.35 bits per heavy atom. The largest absolute Gasteiger partial charge is 0.497 e. The number of aryl methyl sites for hydroxylation is 1. The van der Waals surface area contributed by atoms with E-state index in [2.05, 4.69) is 76.9 Å². The van der Waals surface area contributed by atoms with E-state index in [-0.39, 0.29) is 49.2 Å². The van der Waals surface area contributed by atoms with Gasteiger partial charge in [0.1, 0.15) is 24.2 Å². The van der Waals surface area contributed by atoms with E-state index in [9.17, 15) is 33.9 Å².